The number of amides is 1. The smallest absolute Gasteiger partial charge is 0.223 e. The van der Waals surface area contributed by atoms with Crippen LogP contribution in [0, 0.1) is 5.82 Å². The normalized spacial score (nSPS) is 10.6. The number of halogens is 1. The van der Waals surface area contributed by atoms with E-state index in [1.165, 1.54) is 23.9 Å². The minimum Gasteiger partial charge on any atom is -0.395 e. The molecule has 1 aromatic rings. The largest absolute Gasteiger partial charge is 0.395 e. The summed E-state index contributed by atoms with van der Waals surface area (Å²) in [6.45, 7) is 1.21. The fraction of sp³-hybridized carbons (Fsp3) is 0.500. The number of carbonyl (C=O) groups is 1. The number of aliphatic hydroxyl groups excluding tert-OH is 1. The number of nitrogens with zero attached hydrogens (tertiary/aromatic N) is 1. The fourth-order valence-corrected chi connectivity index (χ4v) is 2.47. The highest BCUT2D eigenvalue weighted by molar-refractivity contribution is 7.99. The number of aliphatic hydroxyl groups is 1. The van der Waals surface area contributed by atoms with Crippen molar-refractivity contribution in [1.29, 1.82) is 0 Å². The van der Waals surface area contributed by atoms with Gasteiger partial charge in [-0.15, -0.1) is 11.8 Å². The first-order valence-corrected chi connectivity index (χ1v) is 7.42. The minimum absolute atomic E-state index is 0.00860. The van der Waals surface area contributed by atoms with Crippen molar-refractivity contribution in [2.75, 3.05) is 39.2 Å². The molecule has 0 aliphatic rings. The maximum atomic E-state index is 12.7. The van der Waals surface area contributed by atoms with Gasteiger partial charge < -0.3 is 14.7 Å². The van der Waals surface area contributed by atoms with E-state index in [0.29, 0.717) is 31.9 Å². The average Bonchev–Trinajstić information content (AvgIpc) is 2.45. The van der Waals surface area contributed by atoms with Crippen molar-refractivity contribution in [3.8, 4) is 0 Å². The maximum Gasteiger partial charge on any atom is 0.223 e. The van der Waals surface area contributed by atoms with Gasteiger partial charge in [0.25, 0.3) is 0 Å². The van der Waals surface area contributed by atoms with E-state index < -0.39 is 0 Å². The first-order chi connectivity index (χ1) is 9.67. The minimum atomic E-state index is -0.265. The van der Waals surface area contributed by atoms with Crippen molar-refractivity contribution in [3.63, 3.8) is 0 Å². The highest BCUT2D eigenvalue weighted by atomic mass is 32.2. The number of hydrogen-bond acceptors (Lipinski definition) is 4. The van der Waals surface area contributed by atoms with E-state index in [9.17, 15) is 9.18 Å². The lowest BCUT2D eigenvalue weighted by molar-refractivity contribution is -0.131. The molecule has 0 fully saturated rings. The number of ether oxygens (including phenoxy) is 1. The van der Waals surface area contributed by atoms with Crippen LogP contribution in [-0.4, -0.2) is 55.1 Å². The van der Waals surface area contributed by atoms with E-state index in [4.69, 9.17) is 9.84 Å². The third-order valence-corrected chi connectivity index (χ3v) is 3.70. The molecule has 0 aromatic heterocycles. The number of methoxy groups -OCH3 is 1. The molecule has 0 saturated heterocycles. The number of thioether (sulfide) groups is 1. The molecule has 0 bridgehead atoms. The van der Waals surface area contributed by atoms with Gasteiger partial charge in [-0.05, 0) is 24.3 Å². The van der Waals surface area contributed by atoms with Gasteiger partial charge in [0.05, 0.1) is 13.2 Å². The Balaban J connectivity index is 2.34. The van der Waals surface area contributed by atoms with Crippen molar-refractivity contribution < 1.29 is 19.0 Å². The Morgan fingerprint density at radius 2 is 2.05 bits per heavy atom. The lowest BCUT2D eigenvalue weighted by Crippen LogP contribution is -2.36. The van der Waals surface area contributed by atoms with Crippen LogP contribution in [-0.2, 0) is 9.53 Å². The van der Waals surface area contributed by atoms with Crippen molar-refractivity contribution in [1.82, 2.24) is 4.90 Å². The van der Waals surface area contributed by atoms with Gasteiger partial charge in [-0.25, -0.2) is 4.39 Å². The zero-order valence-corrected chi connectivity index (χ0v) is 12.4. The van der Waals surface area contributed by atoms with Gasteiger partial charge in [-0.1, -0.05) is 0 Å². The van der Waals surface area contributed by atoms with Crippen LogP contribution < -0.4 is 0 Å². The van der Waals surface area contributed by atoms with E-state index in [0.717, 1.165) is 4.90 Å². The van der Waals surface area contributed by atoms with E-state index in [-0.39, 0.29) is 18.3 Å². The van der Waals surface area contributed by atoms with Gasteiger partial charge in [-0.2, -0.15) is 0 Å². The average molecular weight is 301 g/mol. The van der Waals surface area contributed by atoms with Crippen LogP contribution in [0.4, 0.5) is 4.39 Å². The summed E-state index contributed by atoms with van der Waals surface area (Å²) in [7, 11) is 1.58. The number of carbonyl (C=O) groups excluding carboxylic acids is 1. The molecule has 0 unspecified atom stereocenters. The predicted octanol–water partition coefficient (Wildman–Crippen LogP) is 1.78. The molecule has 1 rings (SSSR count). The SMILES string of the molecule is COCCN(CCO)C(=O)CCSc1ccc(F)cc1. The molecule has 0 radical (unpaired) electrons. The Morgan fingerprint density at radius 1 is 1.35 bits per heavy atom. The molecule has 4 nitrogen and oxygen atoms in total. The van der Waals surface area contributed by atoms with Gasteiger partial charge in [0.1, 0.15) is 5.82 Å². The molecule has 1 N–H and O–H groups in total. The van der Waals surface area contributed by atoms with Crippen LogP contribution in [0.5, 0.6) is 0 Å². The summed E-state index contributed by atoms with van der Waals surface area (Å²) >= 11 is 1.51. The molecule has 0 spiro atoms. The standard InChI is InChI=1S/C14H20FNO3S/c1-19-10-8-16(7-9-17)14(18)6-11-20-13-4-2-12(15)3-5-13/h2-5,17H,6-11H2,1H3. The summed E-state index contributed by atoms with van der Waals surface area (Å²) in [6, 6.07) is 6.20. The van der Waals surface area contributed by atoms with Gasteiger partial charge in [0.15, 0.2) is 0 Å². The van der Waals surface area contributed by atoms with Crippen LogP contribution in [0.1, 0.15) is 6.42 Å². The lowest BCUT2D eigenvalue weighted by Gasteiger charge is -2.21. The predicted molar refractivity (Wildman–Crippen MR) is 77.3 cm³/mol. The molecular formula is C14H20FNO3S. The molecule has 1 aromatic carbocycles. The summed E-state index contributed by atoms with van der Waals surface area (Å²) in [5.74, 6) is 0.351. The highest BCUT2D eigenvalue weighted by Gasteiger charge is 2.12. The molecule has 1 amide bonds. The number of benzene rings is 1. The second kappa shape index (κ2) is 9.74. The van der Waals surface area contributed by atoms with Crippen molar-refractivity contribution in [2.24, 2.45) is 0 Å². The second-order valence-corrected chi connectivity index (χ2v) is 5.32. The number of rotatable bonds is 9. The quantitative estimate of drug-likeness (QED) is 0.706. The van der Waals surface area contributed by atoms with Gasteiger partial charge >= 0.3 is 0 Å². The Kier molecular flexibility index (Phi) is 8.25. The summed E-state index contributed by atoms with van der Waals surface area (Å²) < 4.78 is 17.7. The Morgan fingerprint density at radius 3 is 2.65 bits per heavy atom. The highest BCUT2D eigenvalue weighted by Crippen LogP contribution is 2.19. The molecule has 6 heteroatoms. The summed E-state index contributed by atoms with van der Waals surface area (Å²) in [5.41, 5.74) is 0. The van der Waals surface area contributed by atoms with Gasteiger partial charge in [-0.3, -0.25) is 4.79 Å². The Bertz CT molecular complexity index is 400. The summed E-state index contributed by atoms with van der Waals surface area (Å²) in [4.78, 5) is 14.5. The van der Waals surface area contributed by atoms with Crippen LogP contribution in [0.25, 0.3) is 0 Å². The molecule has 0 aliphatic carbocycles. The van der Waals surface area contributed by atoms with E-state index >= 15 is 0 Å². The zero-order chi connectivity index (χ0) is 14.8. The number of hydrogen-bond donors (Lipinski definition) is 1. The zero-order valence-electron chi connectivity index (χ0n) is 11.5. The van der Waals surface area contributed by atoms with E-state index in [2.05, 4.69) is 0 Å². The van der Waals surface area contributed by atoms with E-state index in [1.54, 1.807) is 24.1 Å². The van der Waals surface area contributed by atoms with Crippen molar-refractivity contribution in [3.05, 3.63) is 30.1 Å². The van der Waals surface area contributed by atoms with Crippen LogP contribution >= 0.6 is 11.8 Å². The van der Waals surface area contributed by atoms with Crippen LogP contribution in [0.2, 0.25) is 0 Å². The third-order valence-electron chi connectivity index (χ3n) is 2.69. The lowest BCUT2D eigenvalue weighted by atomic mass is 10.3. The fourth-order valence-electron chi connectivity index (χ4n) is 1.63. The molecule has 20 heavy (non-hydrogen) atoms. The molecule has 0 aliphatic heterocycles. The van der Waals surface area contributed by atoms with Gasteiger partial charge in [0.2, 0.25) is 5.91 Å². The molecular weight excluding hydrogens is 281 g/mol. The van der Waals surface area contributed by atoms with Crippen molar-refractivity contribution in [2.45, 2.75) is 11.3 Å². The van der Waals surface area contributed by atoms with Gasteiger partial charge in [0, 0.05) is 37.3 Å². The second-order valence-electron chi connectivity index (χ2n) is 4.15. The topological polar surface area (TPSA) is 49.8 Å². The molecule has 0 atom stereocenters. The Labute approximate surface area is 122 Å². The maximum absolute atomic E-state index is 12.7. The Hall–Kier alpha value is -1.11. The monoisotopic (exact) mass is 301 g/mol. The first-order valence-electron chi connectivity index (χ1n) is 6.43. The molecule has 0 heterocycles. The third kappa shape index (κ3) is 6.36. The van der Waals surface area contributed by atoms with Crippen LogP contribution in [0.3, 0.4) is 0 Å². The molecule has 112 valence electrons. The van der Waals surface area contributed by atoms with Crippen molar-refractivity contribution >= 4 is 17.7 Å². The van der Waals surface area contributed by atoms with Crippen LogP contribution in [0.15, 0.2) is 29.2 Å². The molecule has 0 saturated carbocycles. The summed E-state index contributed by atoms with van der Waals surface area (Å²) in [5, 5.41) is 8.94. The van der Waals surface area contributed by atoms with E-state index in [1.807, 2.05) is 0 Å². The summed E-state index contributed by atoms with van der Waals surface area (Å²) in [6.07, 6.45) is 0.381. The first kappa shape index (κ1) is 16.9.